The minimum atomic E-state index is -5.56. The van der Waals surface area contributed by atoms with E-state index in [0.717, 1.165) is 6.92 Å². The van der Waals surface area contributed by atoms with Crippen LogP contribution in [0.2, 0.25) is 0 Å². The van der Waals surface area contributed by atoms with Crippen molar-refractivity contribution in [1.29, 1.82) is 0 Å². The van der Waals surface area contributed by atoms with Crippen LogP contribution in [0.5, 0.6) is 0 Å². The second kappa shape index (κ2) is 5.43. The monoisotopic (exact) mass is 268 g/mol. The fraction of sp³-hybridized carbons (Fsp3) is 1.00. The molecule has 8 heteroatoms. The van der Waals surface area contributed by atoms with Gasteiger partial charge in [0.25, 0.3) is 5.60 Å². The topological polar surface area (TPSA) is 18.5 Å². The maximum Gasteiger partial charge on any atom is 0.426 e. The van der Waals surface area contributed by atoms with Gasteiger partial charge >= 0.3 is 12.4 Å². The highest BCUT2D eigenvalue weighted by Gasteiger charge is 2.69. The van der Waals surface area contributed by atoms with E-state index in [2.05, 4.69) is 9.47 Å². The Balaban J connectivity index is 4.86. The first-order valence-corrected chi connectivity index (χ1v) is 4.88. The largest absolute Gasteiger partial charge is 0.426 e. The third kappa shape index (κ3) is 4.02. The van der Waals surface area contributed by atoms with Gasteiger partial charge in [-0.1, -0.05) is 6.92 Å². The molecule has 1 atom stereocenters. The van der Waals surface area contributed by atoms with E-state index in [1.54, 1.807) is 6.92 Å². The lowest BCUT2D eigenvalue weighted by Gasteiger charge is -2.35. The van der Waals surface area contributed by atoms with Gasteiger partial charge in [0.1, 0.15) is 0 Å². The van der Waals surface area contributed by atoms with Gasteiger partial charge in [0, 0.05) is 6.61 Å². The molecule has 0 heterocycles. The Labute approximate surface area is 94.9 Å². The third-order valence-corrected chi connectivity index (χ3v) is 2.04. The van der Waals surface area contributed by atoms with E-state index in [4.69, 9.17) is 0 Å². The summed E-state index contributed by atoms with van der Waals surface area (Å²) in [4.78, 5) is 0. The summed E-state index contributed by atoms with van der Waals surface area (Å²) < 4.78 is 82.9. The lowest BCUT2D eigenvalue weighted by molar-refractivity contribution is -0.400. The molecule has 0 saturated heterocycles. The molecule has 0 saturated carbocycles. The average Bonchev–Trinajstić information content (AvgIpc) is 2.10. The van der Waals surface area contributed by atoms with E-state index in [-0.39, 0.29) is 13.5 Å². The van der Waals surface area contributed by atoms with Gasteiger partial charge in [-0.25, -0.2) is 0 Å². The zero-order chi connectivity index (χ0) is 13.9. The summed E-state index contributed by atoms with van der Waals surface area (Å²) >= 11 is 0. The van der Waals surface area contributed by atoms with Crippen molar-refractivity contribution in [3.8, 4) is 0 Å². The SMILES string of the molecule is CCCOC(C)OC(C)(C(F)(F)F)C(F)(F)F. The van der Waals surface area contributed by atoms with E-state index in [1.807, 2.05) is 0 Å². The van der Waals surface area contributed by atoms with E-state index in [0.29, 0.717) is 6.42 Å². The van der Waals surface area contributed by atoms with Crippen LogP contribution in [0.3, 0.4) is 0 Å². The zero-order valence-electron chi connectivity index (χ0n) is 9.58. The number of rotatable bonds is 5. The van der Waals surface area contributed by atoms with Crippen molar-refractivity contribution >= 4 is 0 Å². The maximum absolute atomic E-state index is 12.4. The maximum atomic E-state index is 12.4. The summed E-state index contributed by atoms with van der Waals surface area (Å²) in [5, 5.41) is 0. The molecule has 0 bridgehead atoms. The van der Waals surface area contributed by atoms with Crippen molar-refractivity contribution < 1.29 is 35.8 Å². The molecule has 1 unspecified atom stereocenters. The van der Waals surface area contributed by atoms with Gasteiger partial charge in [-0.15, -0.1) is 0 Å². The Hall–Kier alpha value is -0.500. The summed E-state index contributed by atoms with van der Waals surface area (Å²) in [5.74, 6) is 0. The molecule has 0 aliphatic heterocycles. The van der Waals surface area contributed by atoms with Crippen molar-refractivity contribution in [2.75, 3.05) is 6.61 Å². The number of alkyl halides is 6. The van der Waals surface area contributed by atoms with E-state index in [1.165, 1.54) is 0 Å². The molecule has 0 aromatic heterocycles. The number of hydrogen-bond donors (Lipinski definition) is 0. The highest BCUT2D eigenvalue weighted by Crippen LogP contribution is 2.46. The van der Waals surface area contributed by atoms with Crippen LogP contribution in [0.4, 0.5) is 26.3 Å². The van der Waals surface area contributed by atoms with Crippen molar-refractivity contribution in [2.24, 2.45) is 0 Å². The smallest absolute Gasteiger partial charge is 0.353 e. The van der Waals surface area contributed by atoms with Crippen molar-refractivity contribution in [3.63, 3.8) is 0 Å². The Morgan fingerprint density at radius 2 is 1.41 bits per heavy atom. The van der Waals surface area contributed by atoms with Gasteiger partial charge in [-0.05, 0) is 20.3 Å². The Bertz CT molecular complexity index is 221. The van der Waals surface area contributed by atoms with Crippen molar-refractivity contribution in [1.82, 2.24) is 0 Å². The molecular weight excluding hydrogens is 254 g/mol. The zero-order valence-corrected chi connectivity index (χ0v) is 9.58. The highest BCUT2D eigenvalue weighted by molar-refractivity contribution is 4.91. The normalized spacial score (nSPS) is 16.1. The summed E-state index contributed by atoms with van der Waals surface area (Å²) in [6.45, 7) is 2.62. The number of halogens is 6. The van der Waals surface area contributed by atoms with Crippen LogP contribution < -0.4 is 0 Å². The molecule has 0 aliphatic carbocycles. The molecule has 104 valence electrons. The van der Waals surface area contributed by atoms with Crippen LogP contribution in [0.1, 0.15) is 27.2 Å². The van der Waals surface area contributed by atoms with Crippen LogP contribution >= 0.6 is 0 Å². The molecule has 0 radical (unpaired) electrons. The van der Waals surface area contributed by atoms with Gasteiger partial charge in [-0.3, -0.25) is 0 Å². The quantitative estimate of drug-likeness (QED) is 0.559. The second-order valence-corrected chi connectivity index (χ2v) is 3.59. The fourth-order valence-corrected chi connectivity index (χ4v) is 0.944. The lowest BCUT2D eigenvalue weighted by atomic mass is 10.1. The molecule has 0 rings (SSSR count). The lowest BCUT2D eigenvalue weighted by Crippen LogP contribution is -2.57. The fourth-order valence-electron chi connectivity index (χ4n) is 0.944. The van der Waals surface area contributed by atoms with Gasteiger partial charge in [0.05, 0.1) is 0 Å². The average molecular weight is 268 g/mol. The molecule has 2 nitrogen and oxygen atoms in total. The van der Waals surface area contributed by atoms with Crippen molar-refractivity contribution in [2.45, 2.75) is 51.4 Å². The third-order valence-electron chi connectivity index (χ3n) is 2.04. The first kappa shape index (κ1) is 16.5. The summed E-state index contributed by atoms with van der Waals surface area (Å²) in [6, 6.07) is 0. The van der Waals surface area contributed by atoms with Gasteiger partial charge in [0.2, 0.25) is 0 Å². The molecule has 0 aliphatic rings. The number of hydrogen-bond acceptors (Lipinski definition) is 2. The molecule has 0 N–H and O–H groups in total. The first-order valence-electron chi connectivity index (χ1n) is 4.88. The van der Waals surface area contributed by atoms with Crippen LogP contribution in [-0.2, 0) is 9.47 Å². The molecule has 0 amide bonds. The minimum absolute atomic E-state index is 0.0208. The molecule has 0 spiro atoms. The molecule has 17 heavy (non-hydrogen) atoms. The molecule has 0 aromatic rings. The Morgan fingerprint density at radius 3 is 1.71 bits per heavy atom. The minimum Gasteiger partial charge on any atom is -0.353 e. The molecular formula is C9H14F6O2. The van der Waals surface area contributed by atoms with Gasteiger partial charge in [0.15, 0.2) is 6.29 Å². The highest BCUT2D eigenvalue weighted by atomic mass is 19.4. The number of ether oxygens (including phenoxy) is 2. The predicted octanol–water partition coefficient (Wildman–Crippen LogP) is 3.66. The van der Waals surface area contributed by atoms with E-state index in [9.17, 15) is 26.3 Å². The van der Waals surface area contributed by atoms with Crippen LogP contribution in [0.15, 0.2) is 0 Å². The standard InChI is InChI=1S/C9H14F6O2/c1-4-5-16-6(2)17-7(3,8(10,11)12)9(13,14)15/h6H,4-5H2,1-3H3. The van der Waals surface area contributed by atoms with Gasteiger partial charge in [-0.2, -0.15) is 26.3 Å². The first-order chi connectivity index (χ1) is 7.45. The summed E-state index contributed by atoms with van der Waals surface area (Å²) in [5.41, 5.74) is -4.23. The van der Waals surface area contributed by atoms with Gasteiger partial charge < -0.3 is 9.47 Å². The van der Waals surface area contributed by atoms with Crippen LogP contribution in [0, 0.1) is 0 Å². The molecule has 0 fully saturated rings. The van der Waals surface area contributed by atoms with Crippen LogP contribution in [0.25, 0.3) is 0 Å². The summed E-state index contributed by atoms with van der Waals surface area (Å²) in [6.07, 6.45) is -12.3. The van der Waals surface area contributed by atoms with Crippen molar-refractivity contribution in [3.05, 3.63) is 0 Å². The second-order valence-electron chi connectivity index (χ2n) is 3.59. The molecule has 0 aromatic carbocycles. The Morgan fingerprint density at radius 1 is 1.00 bits per heavy atom. The van der Waals surface area contributed by atoms with E-state index < -0.39 is 24.2 Å². The van der Waals surface area contributed by atoms with Crippen LogP contribution in [-0.4, -0.2) is 30.9 Å². The Kier molecular flexibility index (Phi) is 5.27. The predicted molar refractivity (Wildman–Crippen MR) is 47.3 cm³/mol. The summed E-state index contributed by atoms with van der Waals surface area (Å²) in [7, 11) is 0. The van der Waals surface area contributed by atoms with E-state index >= 15 is 0 Å².